The van der Waals surface area contributed by atoms with Gasteiger partial charge in [-0.1, -0.05) is 18.2 Å². The zero-order valence-electron chi connectivity index (χ0n) is 13.8. The number of aromatic amines is 1. The Labute approximate surface area is 145 Å². The third-order valence-electron chi connectivity index (χ3n) is 4.71. The average Bonchev–Trinajstić information content (AvgIpc) is 2.96. The summed E-state index contributed by atoms with van der Waals surface area (Å²) in [4.78, 5) is 21.4. The first-order valence-corrected chi connectivity index (χ1v) is 9.30. The molecule has 0 aliphatic heterocycles. The zero-order valence-corrected chi connectivity index (χ0v) is 14.6. The lowest BCUT2D eigenvalue weighted by molar-refractivity contribution is 0.500. The fraction of sp³-hybridized carbons (Fsp3) is 0.368. The van der Waals surface area contributed by atoms with Crippen molar-refractivity contribution in [3.63, 3.8) is 0 Å². The summed E-state index contributed by atoms with van der Waals surface area (Å²) >= 11 is 1.83. The second-order valence-electron chi connectivity index (χ2n) is 6.47. The van der Waals surface area contributed by atoms with Crippen molar-refractivity contribution in [2.45, 2.75) is 38.6 Å². The number of hydrogen-bond acceptors (Lipinski definition) is 4. The number of H-pyrrole nitrogens is 1. The fourth-order valence-corrected chi connectivity index (χ4v) is 4.60. The maximum absolute atomic E-state index is 12.2. The molecule has 0 radical (unpaired) electrons. The molecule has 3 aromatic rings. The molecule has 0 bridgehead atoms. The van der Waals surface area contributed by atoms with Crippen molar-refractivity contribution in [3.05, 3.63) is 61.8 Å². The van der Waals surface area contributed by atoms with E-state index in [4.69, 9.17) is 4.98 Å². The summed E-state index contributed by atoms with van der Waals surface area (Å²) < 4.78 is 0. The van der Waals surface area contributed by atoms with Crippen LogP contribution in [0.3, 0.4) is 0 Å². The van der Waals surface area contributed by atoms with E-state index in [0.717, 1.165) is 28.0 Å². The molecule has 1 atom stereocenters. The van der Waals surface area contributed by atoms with Crippen molar-refractivity contribution in [3.8, 4) is 0 Å². The standard InChI is InChI=1S/C19H21N3OS/c1-12-21-18-14(6-4-8-17(18)24-12)10-20-11-15-9-13-5-2-3-7-16(13)22-19(15)23/h2-3,5,7,9,14,20H,4,6,8,10-11H2,1H3,(H,22,23). The quantitative estimate of drug-likeness (QED) is 0.765. The number of fused-ring (bicyclic) bond motifs is 2. The number of thiazole rings is 1. The van der Waals surface area contributed by atoms with Gasteiger partial charge in [-0.15, -0.1) is 11.3 Å². The Balaban J connectivity index is 1.46. The molecular weight excluding hydrogens is 318 g/mol. The van der Waals surface area contributed by atoms with Crippen LogP contribution in [0, 0.1) is 6.92 Å². The molecule has 0 amide bonds. The van der Waals surface area contributed by atoms with Gasteiger partial charge in [-0.25, -0.2) is 4.98 Å². The predicted octanol–water partition coefficient (Wildman–Crippen LogP) is 3.50. The predicted molar refractivity (Wildman–Crippen MR) is 98.8 cm³/mol. The van der Waals surface area contributed by atoms with Gasteiger partial charge in [0.15, 0.2) is 0 Å². The van der Waals surface area contributed by atoms with E-state index >= 15 is 0 Å². The van der Waals surface area contributed by atoms with Gasteiger partial charge >= 0.3 is 0 Å². The van der Waals surface area contributed by atoms with E-state index in [1.165, 1.54) is 29.8 Å². The Kier molecular flexibility index (Phi) is 4.21. The second-order valence-corrected chi connectivity index (χ2v) is 7.76. The highest BCUT2D eigenvalue weighted by Crippen LogP contribution is 2.34. The van der Waals surface area contributed by atoms with E-state index in [2.05, 4.69) is 17.2 Å². The van der Waals surface area contributed by atoms with Crippen LogP contribution in [0.25, 0.3) is 10.9 Å². The molecule has 0 saturated heterocycles. The topological polar surface area (TPSA) is 57.8 Å². The molecule has 2 aromatic heterocycles. The van der Waals surface area contributed by atoms with E-state index in [0.29, 0.717) is 12.5 Å². The highest BCUT2D eigenvalue weighted by Gasteiger charge is 2.23. The van der Waals surface area contributed by atoms with E-state index < -0.39 is 0 Å². The van der Waals surface area contributed by atoms with Crippen LogP contribution in [0.2, 0.25) is 0 Å². The Morgan fingerprint density at radius 3 is 3.17 bits per heavy atom. The molecule has 4 rings (SSSR count). The first kappa shape index (κ1) is 15.5. The summed E-state index contributed by atoms with van der Waals surface area (Å²) in [5.74, 6) is 0.471. The molecule has 0 spiro atoms. The summed E-state index contributed by atoms with van der Waals surface area (Å²) in [6.07, 6.45) is 3.58. The molecule has 1 aliphatic carbocycles. The first-order valence-electron chi connectivity index (χ1n) is 8.48. The molecule has 5 heteroatoms. The highest BCUT2D eigenvalue weighted by atomic mass is 32.1. The van der Waals surface area contributed by atoms with Gasteiger partial charge in [0.1, 0.15) is 0 Å². The lowest BCUT2D eigenvalue weighted by atomic mass is 9.91. The molecule has 24 heavy (non-hydrogen) atoms. The summed E-state index contributed by atoms with van der Waals surface area (Å²) in [5, 5.41) is 5.71. The van der Waals surface area contributed by atoms with E-state index in [1.54, 1.807) is 0 Å². The molecule has 2 heterocycles. The van der Waals surface area contributed by atoms with Crippen LogP contribution in [-0.4, -0.2) is 16.5 Å². The number of nitrogens with zero attached hydrogens (tertiary/aromatic N) is 1. The summed E-state index contributed by atoms with van der Waals surface area (Å²) in [6.45, 7) is 3.56. The number of nitrogens with one attached hydrogen (secondary N) is 2. The highest BCUT2D eigenvalue weighted by molar-refractivity contribution is 7.11. The largest absolute Gasteiger partial charge is 0.322 e. The molecule has 1 aromatic carbocycles. The van der Waals surface area contributed by atoms with Crippen molar-refractivity contribution >= 4 is 22.2 Å². The Morgan fingerprint density at radius 2 is 2.25 bits per heavy atom. The van der Waals surface area contributed by atoms with E-state index in [-0.39, 0.29) is 5.56 Å². The molecule has 0 saturated carbocycles. The molecule has 1 aliphatic rings. The van der Waals surface area contributed by atoms with Crippen LogP contribution in [0.4, 0.5) is 0 Å². The minimum Gasteiger partial charge on any atom is -0.322 e. The number of para-hydroxylation sites is 1. The van der Waals surface area contributed by atoms with E-state index in [9.17, 15) is 4.79 Å². The van der Waals surface area contributed by atoms with Crippen LogP contribution in [0.15, 0.2) is 35.1 Å². The fourth-order valence-electron chi connectivity index (χ4n) is 3.53. The van der Waals surface area contributed by atoms with Crippen molar-refractivity contribution in [2.75, 3.05) is 6.54 Å². The van der Waals surface area contributed by atoms with Crippen LogP contribution in [0.1, 0.15) is 39.9 Å². The Hall–Kier alpha value is -1.98. The van der Waals surface area contributed by atoms with Crippen molar-refractivity contribution < 1.29 is 0 Å². The minimum absolute atomic E-state index is 0.00460. The smallest absolute Gasteiger partial charge is 0.252 e. The first-order chi connectivity index (χ1) is 11.7. The Morgan fingerprint density at radius 1 is 1.38 bits per heavy atom. The van der Waals surface area contributed by atoms with Crippen molar-refractivity contribution in [2.24, 2.45) is 0 Å². The minimum atomic E-state index is -0.00460. The maximum atomic E-state index is 12.2. The van der Waals surface area contributed by atoms with Gasteiger partial charge in [0.25, 0.3) is 5.56 Å². The van der Waals surface area contributed by atoms with Gasteiger partial charge in [-0.05, 0) is 43.7 Å². The summed E-state index contributed by atoms with van der Waals surface area (Å²) in [6, 6.07) is 9.88. The third-order valence-corrected chi connectivity index (χ3v) is 5.76. The number of hydrogen-bond donors (Lipinski definition) is 2. The van der Waals surface area contributed by atoms with Gasteiger partial charge < -0.3 is 10.3 Å². The van der Waals surface area contributed by atoms with Gasteiger partial charge in [0.05, 0.1) is 10.7 Å². The summed E-state index contributed by atoms with van der Waals surface area (Å²) in [5.41, 5.74) is 2.96. The monoisotopic (exact) mass is 339 g/mol. The van der Waals surface area contributed by atoms with Crippen molar-refractivity contribution in [1.29, 1.82) is 0 Å². The SMILES string of the molecule is Cc1nc2c(s1)CCCC2CNCc1cc2ccccc2[nH]c1=O. The van der Waals surface area contributed by atoms with Crippen molar-refractivity contribution in [1.82, 2.24) is 15.3 Å². The molecular formula is C19H21N3OS. The van der Waals surface area contributed by atoms with Gasteiger partial charge in [0, 0.05) is 35.0 Å². The van der Waals surface area contributed by atoms with Crippen LogP contribution >= 0.6 is 11.3 Å². The molecule has 124 valence electrons. The molecule has 2 N–H and O–H groups in total. The number of pyridine rings is 1. The van der Waals surface area contributed by atoms with E-state index in [1.807, 2.05) is 41.7 Å². The molecule has 1 unspecified atom stereocenters. The van der Waals surface area contributed by atoms with Crippen LogP contribution < -0.4 is 10.9 Å². The summed E-state index contributed by atoms with van der Waals surface area (Å²) in [7, 11) is 0. The maximum Gasteiger partial charge on any atom is 0.252 e. The van der Waals surface area contributed by atoms with Crippen LogP contribution in [0.5, 0.6) is 0 Å². The van der Waals surface area contributed by atoms with Gasteiger partial charge in [0.2, 0.25) is 0 Å². The second kappa shape index (κ2) is 6.49. The lowest BCUT2D eigenvalue weighted by Gasteiger charge is -2.21. The molecule has 0 fully saturated rings. The normalized spacial score (nSPS) is 17.1. The zero-order chi connectivity index (χ0) is 16.5. The third kappa shape index (κ3) is 3.01. The number of benzene rings is 1. The number of rotatable bonds is 4. The molecule has 4 nitrogen and oxygen atoms in total. The van der Waals surface area contributed by atoms with Crippen LogP contribution in [-0.2, 0) is 13.0 Å². The Bertz CT molecular complexity index is 928. The number of aromatic nitrogens is 2. The van der Waals surface area contributed by atoms with Gasteiger partial charge in [-0.3, -0.25) is 4.79 Å². The van der Waals surface area contributed by atoms with Gasteiger partial charge in [-0.2, -0.15) is 0 Å². The lowest BCUT2D eigenvalue weighted by Crippen LogP contribution is -2.26. The number of aryl methyl sites for hydroxylation is 2. The average molecular weight is 339 g/mol.